The van der Waals surface area contributed by atoms with Gasteiger partial charge in [0.2, 0.25) is 0 Å². The lowest BCUT2D eigenvalue weighted by molar-refractivity contribution is -0.172. The number of hydrogen-bond donors (Lipinski definition) is 2. The van der Waals surface area contributed by atoms with Crippen molar-refractivity contribution >= 4 is 17.5 Å². The fourth-order valence-electron chi connectivity index (χ4n) is 3.43. The summed E-state index contributed by atoms with van der Waals surface area (Å²) in [7, 11) is 0. The molecule has 0 saturated carbocycles. The molecule has 1 atom stereocenters. The molecule has 1 aromatic carbocycles. The van der Waals surface area contributed by atoms with Gasteiger partial charge in [0, 0.05) is 18.9 Å². The van der Waals surface area contributed by atoms with Crippen molar-refractivity contribution in [1.82, 2.24) is 19.8 Å². The molecule has 1 saturated heterocycles. The smallest absolute Gasteiger partial charge is 0.268 e. The van der Waals surface area contributed by atoms with E-state index in [2.05, 4.69) is 10.3 Å². The Morgan fingerprint density at radius 3 is 2.97 bits per heavy atom. The number of carbonyl (C=O) groups is 2. The van der Waals surface area contributed by atoms with Crippen LogP contribution in [0.25, 0.3) is 5.65 Å². The van der Waals surface area contributed by atoms with Gasteiger partial charge >= 0.3 is 0 Å². The van der Waals surface area contributed by atoms with Gasteiger partial charge < -0.3 is 14.5 Å². The summed E-state index contributed by atoms with van der Waals surface area (Å²) in [4.78, 5) is 29.3. The number of imidazole rings is 1. The Balaban J connectivity index is 1.48. The van der Waals surface area contributed by atoms with Crippen LogP contribution in [0.2, 0.25) is 0 Å². The zero-order valence-electron chi connectivity index (χ0n) is 16.0. The van der Waals surface area contributed by atoms with Crippen LogP contribution < -0.4 is 10.1 Å². The van der Waals surface area contributed by atoms with Gasteiger partial charge in [-0.1, -0.05) is 18.2 Å². The van der Waals surface area contributed by atoms with Gasteiger partial charge in [-0.05, 0) is 43.5 Å². The third kappa shape index (κ3) is 3.93. The first-order valence-corrected chi connectivity index (χ1v) is 9.49. The minimum absolute atomic E-state index is 0.207. The average Bonchev–Trinajstić information content (AvgIpc) is 3.15. The van der Waals surface area contributed by atoms with Gasteiger partial charge in [0.05, 0.1) is 11.3 Å². The van der Waals surface area contributed by atoms with Crippen LogP contribution in [0.5, 0.6) is 5.75 Å². The number of aryl methyl sites for hydroxylation is 1. The second-order valence-corrected chi connectivity index (χ2v) is 7.07. The van der Waals surface area contributed by atoms with E-state index in [1.807, 2.05) is 35.9 Å². The minimum Gasteiger partial charge on any atom is -0.486 e. The first-order chi connectivity index (χ1) is 14.0. The average molecular weight is 394 g/mol. The Morgan fingerprint density at radius 1 is 1.31 bits per heavy atom. The zero-order chi connectivity index (χ0) is 20.4. The molecule has 29 heavy (non-hydrogen) atoms. The normalized spacial score (nSPS) is 16.8. The number of fused-ring (bicyclic) bond motifs is 1. The van der Waals surface area contributed by atoms with E-state index in [9.17, 15) is 14.8 Å². The second-order valence-electron chi connectivity index (χ2n) is 7.07. The number of amides is 2. The summed E-state index contributed by atoms with van der Waals surface area (Å²) in [6, 6.07) is 10.1. The van der Waals surface area contributed by atoms with Gasteiger partial charge in [0.15, 0.2) is 0 Å². The number of aromatic nitrogens is 2. The molecular formula is C21H22N4O4. The molecular weight excluding hydrogens is 372 g/mol. The maximum Gasteiger partial charge on any atom is 0.268 e. The van der Waals surface area contributed by atoms with E-state index in [-0.39, 0.29) is 13.2 Å². The summed E-state index contributed by atoms with van der Waals surface area (Å²) in [6.45, 7) is 2.48. The summed E-state index contributed by atoms with van der Waals surface area (Å²) in [5, 5.41) is 12.9. The summed E-state index contributed by atoms with van der Waals surface area (Å²) in [6.07, 6.45) is 4.93. The molecule has 1 aliphatic heterocycles. The Kier molecular flexibility index (Phi) is 5.18. The highest BCUT2D eigenvalue weighted by Crippen LogP contribution is 2.21. The van der Waals surface area contributed by atoms with E-state index >= 15 is 0 Å². The van der Waals surface area contributed by atoms with Gasteiger partial charge in [-0.15, -0.1) is 0 Å². The highest BCUT2D eigenvalue weighted by atomic mass is 16.5. The lowest BCUT2D eigenvalue weighted by Gasteiger charge is -2.28. The Hall–Kier alpha value is -3.39. The van der Waals surface area contributed by atoms with Crippen molar-refractivity contribution in [2.24, 2.45) is 0 Å². The van der Waals surface area contributed by atoms with Crippen molar-refractivity contribution in [3.05, 3.63) is 65.6 Å². The zero-order valence-corrected chi connectivity index (χ0v) is 16.0. The standard InChI is InChI=1S/C21H22N4O4/c1-14-6-4-10-24-12-15(22-19(14)24)13-29-18-9-3-2-7-16(18)20(26)23-17-8-5-11-25(28)21(17)27/h2-4,6-7,9-10,12,17,28H,5,8,11,13H2,1H3,(H,23,26). The van der Waals surface area contributed by atoms with Crippen molar-refractivity contribution in [3.8, 4) is 5.75 Å². The van der Waals surface area contributed by atoms with Gasteiger partial charge in [0.25, 0.3) is 11.8 Å². The minimum atomic E-state index is -0.740. The summed E-state index contributed by atoms with van der Waals surface area (Å²) in [5.74, 6) is -0.508. The Morgan fingerprint density at radius 2 is 2.14 bits per heavy atom. The number of ether oxygens (including phenoxy) is 1. The SMILES string of the molecule is Cc1cccn2cc(COc3ccccc3C(=O)NC3CCCN(O)C3=O)nc12. The van der Waals surface area contributed by atoms with Crippen LogP contribution in [0.4, 0.5) is 0 Å². The van der Waals surface area contributed by atoms with Crippen LogP contribution in [-0.4, -0.2) is 44.1 Å². The molecule has 0 aliphatic carbocycles. The summed E-state index contributed by atoms with van der Waals surface area (Å²) >= 11 is 0. The largest absolute Gasteiger partial charge is 0.486 e. The molecule has 0 bridgehead atoms. The molecule has 1 fully saturated rings. The third-order valence-corrected chi connectivity index (χ3v) is 4.96. The van der Waals surface area contributed by atoms with E-state index in [1.165, 1.54) is 0 Å². The number of para-hydroxylation sites is 1. The molecule has 1 unspecified atom stereocenters. The van der Waals surface area contributed by atoms with Gasteiger partial charge in [-0.3, -0.25) is 14.8 Å². The molecule has 2 N–H and O–H groups in total. The van der Waals surface area contributed by atoms with E-state index < -0.39 is 17.9 Å². The number of pyridine rings is 1. The van der Waals surface area contributed by atoms with E-state index in [1.54, 1.807) is 24.3 Å². The quantitative estimate of drug-likeness (QED) is 0.648. The van der Waals surface area contributed by atoms with Gasteiger partial charge in [-0.2, -0.15) is 0 Å². The number of rotatable bonds is 5. The van der Waals surface area contributed by atoms with Crippen LogP contribution >= 0.6 is 0 Å². The first-order valence-electron chi connectivity index (χ1n) is 9.49. The van der Waals surface area contributed by atoms with Gasteiger partial charge in [0.1, 0.15) is 24.0 Å². The molecule has 2 aromatic heterocycles. The lowest BCUT2D eigenvalue weighted by atomic mass is 10.1. The topological polar surface area (TPSA) is 96.2 Å². The monoisotopic (exact) mass is 394 g/mol. The fourth-order valence-corrected chi connectivity index (χ4v) is 3.43. The molecule has 4 rings (SSSR count). The molecule has 8 heteroatoms. The summed E-state index contributed by atoms with van der Waals surface area (Å²) < 4.78 is 7.80. The van der Waals surface area contributed by atoms with E-state index in [0.717, 1.165) is 16.9 Å². The van der Waals surface area contributed by atoms with E-state index in [0.29, 0.717) is 29.2 Å². The van der Waals surface area contributed by atoms with Crippen molar-refractivity contribution in [1.29, 1.82) is 0 Å². The third-order valence-electron chi connectivity index (χ3n) is 4.96. The number of benzene rings is 1. The van der Waals surface area contributed by atoms with Crippen LogP contribution in [0, 0.1) is 6.92 Å². The first kappa shape index (κ1) is 18.9. The number of nitrogens with one attached hydrogen (secondary N) is 1. The van der Waals surface area contributed by atoms with Crippen LogP contribution in [0.1, 0.15) is 34.5 Å². The van der Waals surface area contributed by atoms with Crippen LogP contribution in [0.3, 0.4) is 0 Å². The summed E-state index contributed by atoms with van der Waals surface area (Å²) in [5.41, 5.74) is 3.00. The second kappa shape index (κ2) is 7.92. The van der Waals surface area contributed by atoms with Crippen molar-refractivity contribution < 1.29 is 19.5 Å². The van der Waals surface area contributed by atoms with Crippen LogP contribution in [0.15, 0.2) is 48.8 Å². The lowest BCUT2D eigenvalue weighted by Crippen LogP contribution is -2.51. The number of hydroxylamine groups is 2. The molecule has 3 heterocycles. The van der Waals surface area contributed by atoms with Crippen LogP contribution in [-0.2, 0) is 11.4 Å². The Labute approximate surface area is 167 Å². The highest BCUT2D eigenvalue weighted by molar-refractivity contribution is 5.99. The number of nitrogens with zero attached hydrogens (tertiary/aromatic N) is 3. The maximum absolute atomic E-state index is 12.7. The molecule has 0 spiro atoms. The molecule has 3 aromatic rings. The predicted octanol–water partition coefficient (Wildman–Crippen LogP) is 2.33. The molecule has 2 amide bonds. The maximum atomic E-state index is 12.7. The highest BCUT2D eigenvalue weighted by Gasteiger charge is 2.30. The Bertz CT molecular complexity index is 1060. The predicted molar refractivity (Wildman–Crippen MR) is 105 cm³/mol. The number of hydrogen-bond acceptors (Lipinski definition) is 5. The fraction of sp³-hybridized carbons (Fsp3) is 0.286. The molecule has 0 radical (unpaired) electrons. The molecule has 150 valence electrons. The number of piperidine rings is 1. The van der Waals surface area contributed by atoms with Crippen molar-refractivity contribution in [2.75, 3.05) is 6.54 Å². The molecule has 1 aliphatic rings. The van der Waals surface area contributed by atoms with Gasteiger partial charge in [-0.25, -0.2) is 10.0 Å². The number of carbonyl (C=O) groups excluding carboxylic acids is 2. The van der Waals surface area contributed by atoms with Crippen molar-refractivity contribution in [3.63, 3.8) is 0 Å². The van der Waals surface area contributed by atoms with E-state index in [4.69, 9.17) is 4.74 Å². The molecule has 8 nitrogen and oxygen atoms in total. The van der Waals surface area contributed by atoms with Crippen molar-refractivity contribution in [2.45, 2.75) is 32.4 Å².